The van der Waals surface area contributed by atoms with E-state index >= 15 is 0 Å². The van der Waals surface area contributed by atoms with Gasteiger partial charge in [0, 0.05) is 25.9 Å². The lowest BCUT2D eigenvalue weighted by Gasteiger charge is -2.37. The summed E-state index contributed by atoms with van der Waals surface area (Å²) in [6, 6.07) is 18.2. The predicted octanol–water partition coefficient (Wildman–Crippen LogP) is 3.49. The number of carbonyl (C=O) groups excluding carboxylic acids is 1. The number of hydrogen-bond acceptors (Lipinski definition) is 3. The summed E-state index contributed by atoms with van der Waals surface area (Å²) in [5.41, 5.74) is 2.32. The van der Waals surface area contributed by atoms with Crippen LogP contribution in [0, 0.1) is 0 Å². The Balaban J connectivity index is 1.58. The van der Waals surface area contributed by atoms with Crippen LogP contribution in [0.3, 0.4) is 0 Å². The molecule has 0 radical (unpaired) electrons. The average molecular weight is 353 g/mol. The maximum Gasteiger partial charge on any atom is 0.223 e. The van der Waals surface area contributed by atoms with Gasteiger partial charge in [-0.1, -0.05) is 48.5 Å². The Hall–Kier alpha value is -2.33. The fraction of sp³-hybridized carbons (Fsp3) is 0.409. The first kappa shape index (κ1) is 18.5. The number of nitrogens with zero attached hydrogens (tertiary/aromatic N) is 1. The van der Waals surface area contributed by atoms with Crippen molar-refractivity contribution in [2.45, 2.75) is 38.4 Å². The summed E-state index contributed by atoms with van der Waals surface area (Å²) in [6.45, 7) is 3.36. The topological polar surface area (TPSA) is 38.8 Å². The van der Waals surface area contributed by atoms with Gasteiger partial charge in [-0.3, -0.25) is 4.79 Å². The lowest BCUT2D eigenvalue weighted by atomic mass is 10.0. The van der Waals surface area contributed by atoms with Crippen LogP contribution >= 0.6 is 0 Å². The third-order valence-corrected chi connectivity index (χ3v) is 4.79. The molecule has 1 aliphatic rings. The first-order valence-electron chi connectivity index (χ1n) is 9.24. The van der Waals surface area contributed by atoms with Crippen molar-refractivity contribution in [1.82, 2.24) is 4.90 Å². The van der Waals surface area contributed by atoms with Crippen LogP contribution in [0.1, 0.15) is 24.5 Å². The zero-order chi connectivity index (χ0) is 18.4. The quantitative estimate of drug-likeness (QED) is 0.798. The third-order valence-electron chi connectivity index (χ3n) is 4.79. The number of morpholine rings is 1. The van der Waals surface area contributed by atoms with Crippen LogP contribution < -0.4 is 4.74 Å². The van der Waals surface area contributed by atoms with Crippen LogP contribution in [0.4, 0.5) is 0 Å². The molecule has 1 saturated heterocycles. The van der Waals surface area contributed by atoms with Crippen molar-refractivity contribution < 1.29 is 14.3 Å². The SMILES string of the molecule is COc1ccccc1CCC(=O)N1CC(C)OC(Cc2ccccc2)C1. The highest BCUT2D eigenvalue weighted by atomic mass is 16.5. The van der Waals surface area contributed by atoms with E-state index in [1.54, 1.807) is 7.11 Å². The molecule has 0 aromatic heterocycles. The molecule has 0 N–H and O–H groups in total. The van der Waals surface area contributed by atoms with Gasteiger partial charge in [-0.15, -0.1) is 0 Å². The van der Waals surface area contributed by atoms with Crippen LogP contribution in [-0.4, -0.2) is 43.2 Å². The molecule has 0 spiro atoms. The van der Waals surface area contributed by atoms with E-state index in [2.05, 4.69) is 12.1 Å². The minimum absolute atomic E-state index is 0.0522. The molecule has 4 heteroatoms. The Bertz CT molecular complexity index is 716. The number of aryl methyl sites for hydroxylation is 1. The number of amides is 1. The summed E-state index contributed by atoms with van der Waals surface area (Å²) < 4.78 is 11.4. The van der Waals surface area contributed by atoms with Gasteiger partial charge in [0.1, 0.15) is 5.75 Å². The van der Waals surface area contributed by atoms with Crippen LogP contribution in [0.15, 0.2) is 54.6 Å². The number of methoxy groups -OCH3 is 1. The molecule has 1 fully saturated rings. The largest absolute Gasteiger partial charge is 0.496 e. The van der Waals surface area contributed by atoms with E-state index in [-0.39, 0.29) is 18.1 Å². The molecule has 2 atom stereocenters. The normalized spacial score (nSPS) is 20.0. The van der Waals surface area contributed by atoms with Crippen LogP contribution in [0.25, 0.3) is 0 Å². The van der Waals surface area contributed by atoms with Crippen molar-refractivity contribution >= 4 is 5.91 Å². The van der Waals surface area contributed by atoms with Gasteiger partial charge in [0.05, 0.1) is 19.3 Å². The Labute approximate surface area is 155 Å². The molecule has 2 unspecified atom stereocenters. The van der Waals surface area contributed by atoms with Crippen LogP contribution in [-0.2, 0) is 22.4 Å². The van der Waals surface area contributed by atoms with Gasteiger partial charge in [-0.2, -0.15) is 0 Å². The summed E-state index contributed by atoms with van der Waals surface area (Å²) >= 11 is 0. The first-order valence-corrected chi connectivity index (χ1v) is 9.24. The van der Waals surface area contributed by atoms with E-state index in [0.717, 1.165) is 17.7 Å². The molecule has 3 rings (SSSR count). The lowest BCUT2D eigenvalue weighted by Crippen LogP contribution is -2.49. The molecule has 4 nitrogen and oxygen atoms in total. The number of rotatable bonds is 6. The van der Waals surface area contributed by atoms with Crippen molar-refractivity contribution in [3.8, 4) is 5.75 Å². The zero-order valence-electron chi connectivity index (χ0n) is 15.6. The first-order chi connectivity index (χ1) is 12.7. The number of benzene rings is 2. The van der Waals surface area contributed by atoms with Gasteiger partial charge in [0.15, 0.2) is 0 Å². The van der Waals surface area contributed by atoms with E-state index in [4.69, 9.17) is 9.47 Å². The van der Waals surface area contributed by atoms with E-state index in [1.807, 2.05) is 54.3 Å². The minimum Gasteiger partial charge on any atom is -0.496 e. The highest BCUT2D eigenvalue weighted by Crippen LogP contribution is 2.21. The summed E-state index contributed by atoms with van der Waals surface area (Å²) in [5, 5.41) is 0. The van der Waals surface area contributed by atoms with Gasteiger partial charge in [0.25, 0.3) is 0 Å². The molecule has 1 amide bonds. The Morgan fingerprint density at radius 3 is 2.62 bits per heavy atom. The van der Waals surface area contributed by atoms with E-state index in [9.17, 15) is 4.79 Å². The lowest BCUT2D eigenvalue weighted by molar-refractivity contribution is -0.144. The van der Waals surface area contributed by atoms with Crippen molar-refractivity contribution in [2.24, 2.45) is 0 Å². The van der Waals surface area contributed by atoms with Gasteiger partial charge in [0.2, 0.25) is 5.91 Å². The van der Waals surface area contributed by atoms with Crippen molar-refractivity contribution in [3.05, 3.63) is 65.7 Å². The Morgan fingerprint density at radius 2 is 1.85 bits per heavy atom. The maximum atomic E-state index is 12.7. The fourth-order valence-electron chi connectivity index (χ4n) is 3.55. The maximum absolute atomic E-state index is 12.7. The molecule has 1 aliphatic heterocycles. The fourth-order valence-corrected chi connectivity index (χ4v) is 3.55. The highest BCUT2D eigenvalue weighted by molar-refractivity contribution is 5.76. The molecule has 2 aromatic rings. The van der Waals surface area contributed by atoms with E-state index < -0.39 is 0 Å². The summed E-state index contributed by atoms with van der Waals surface area (Å²) in [4.78, 5) is 14.7. The molecular weight excluding hydrogens is 326 g/mol. The molecule has 0 saturated carbocycles. The zero-order valence-corrected chi connectivity index (χ0v) is 15.6. The van der Waals surface area contributed by atoms with Crippen LogP contribution in [0.5, 0.6) is 5.75 Å². The van der Waals surface area contributed by atoms with Gasteiger partial charge < -0.3 is 14.4 Å². The van der Waals surface area contributed by atoms with Crippen molar-refractivity contribution in [2.75, 3.05) is 20.2 Å². The third kappa shape index (κ3) is 4.85. The number of ether oxygens (including phenoxy) is 2. The summed E-state index contributed by atoms with van der Waals surface area (Å²) in [7, 11) is 1.67. The number of para-hydroxylation sites is 1. The minimum atomic E-state index is 0.0522. The van der Waals surface area contributed by atoms with Crippen molar-refractivity contribution in [3.63, 3.8) is 0 Å². The molecule has 1 heterocycles. The Kier molecular flexibility index (Phi) is 6.29. The monoisotopic (exact) mass is 353 g/mol. The molecule has 0 bridgehead atoms. The molecule has 26 heavy (non-hydrogen) atoms. The van der Waals surface area contributed by atoms with Crippen molar-refractivity contribution in [1.29, 1.82) is 0 Å². The smallest absolute Gasteiger partial charge is 0.223 e. The van der Waals surface area contributed by atoms with E-state index in [1.165, 1.54) is 5.56 Å². The predicted molar refractivity (Wildman–Crippen MR) is 102 cm³/mol. The molecular formula is C22H27NO3. The highest BCUT2D eigenvalue weighted by Gasteiger charge is 2.28. The van der Waals surface area contributed by atoms with E-state index in [0.29, 0.717) is 25.9 Å². The summed E-state index contributed by atoms with van der Waals surface area (Å²) in [5.74, 6) is 1.03. The molecule has 2 aromatic carbocycles. The second-order valence-electron chi connectivity index (χ2n) is 6.87. The standard InChI is InChI=1S/C22H27NO3/c1-17-15-23(16-20(26-17)14-18-8-4-3-5-9-18)22(24)13-12-19-10-6-7-11-21(19)25-2/h3-11,17,20H,12-16H2,1-2H3. The molecule has 138 valence electrons. The Morgan fingerprint density at radius 1 is 1.12 bits per heavy atom. The van der Waals surface area contributed by atoms with Gasteiger partial charge in [-0.05, 0) is 30.5 Å². The summed E-state index contributed by atoms with van der Waals surface area (Å²) in [6.07, 6.45) is 2.13. The van der Waals surface area contributed by atoms with Crippen LogP contribution in [0.2, 0.25) is 0 Å². The number of carbonyl (C=O) groups is 1. The second-order valence-corrected chi connectivity index (χ2v) is 6.87. The van der Waals surface area contributed by atoms with Gasteiger partial charge >= 0.3 is 0 Å². The van der Waals surface area contributed by atoms with Gasteiger partial charge in [-0.25, -0.2) is 0 Å². The molecule has 0 aliphatic carbocycles. The average Bonchev–Trinajstić information content (AvgIpc) is 2.66. The number of hydrogen-bond donors (Lipinski definition) is 0. The second kappa shape index (κ2) is 8.86.